The van der Waals surface area contributed by atoms with Gasteiger partial charge in [-0.25, -0.2) is 4.79 Å². The quantitative estimate of drug-likeness (QED) is 0.545. The zero-order chi connectivity index (χ0) is 17.8. The van der Waals surface area contributed by atoms with Gasteiger partial charge in [-0.3, -0.25) is 5.32 Å². The van der Waals surface area contributed by atoms with Crippen LogP contribution in [-0.4, -0.2) is 27.5 Å². The van der Waals surface area contributed by atoms with Crippen molar-refractivity contribution in [2.45, 2.75) is 6.54 Å². The Hall–Kier alpha value is -3.62. The average molecular weight is 341 g/mol. The number of rotatable bonds is 5. The summed E-state index contributed by atoms with van der Waals surface area (Å²) in [4.78, 5) is 26.3. The molecule has 0 saturated heterocycles. The molecule has 2 heterocycles. The molecule has 0 radical (unpaired) electrons. The van der Waals surface area contributed by atoms with Gasteiger partial charge >= 0.3 is 11.9 Å². The number of amides is 1. The molecule has 128 valence electrons. The number of nitrogens with zero attached hydrogens (tertiary/aromatic N) is 3. The van der Waals surface area contributed by atoms with Crippen molar-refractivity contribution in [3.05, 3.63) is 64.3 Å². The Morgan fingerprint density at radius 2 is 2.04 bits per heavy atom. The maximum absolute atomic E-state index is 11.3. The van der Waals surface area contributed by atoms with Gasteiger partial charge in [-0.1, -0.05) is 18.2 Å². The molecule has 9 nitrogen and oxygen atoms in total. The summed E-state index contributed by atoms with van der Waals surface area (Å²) >= 11 is 0. The second-order valence-corrected chi connectivity index (χ2v) is 5.14. The molecular formula is C16H15N5O4. The second kappa shape index (κ2) is 6.87. The van der Waals surface area contributed by atoms with Gasteiger partial charge in [0.05, 0.1) is 13.3 Å². The van der Waals surface area contributed by atoms with E-state index in [9.17, 15) is 14.9 Å². The van der Waals surface area contributed by atoms with Crippen molar-refractivity contribution in [1.82, 2.24) is 9.38 Å². The van der Waals surface area contributed by atoms with Crippen LogP contribution < -0.4 is 10.6 Å². The van der Waals surface area contributed by atoms with Crippen LogP contribution in [0.2, 0.25) is 0 Å². The van der Waals surface area contributed by atoms with E-state index in [1.54, 1.807) is 48.7 Å². The Balaban J connectivity index is 1.75. The normalized spacial score (nSPS) is 10.4. The minimum atomic E-state index is -0.550. The molecule has 0 atom stereocenters. The third-order valence-corrected chi connectivity index (χ3v) is 3.52. The molecule has 0 aliphatic rings. The van der Waals surface area contributed by atoms with Gasteiger partial charge in [0.2, 0.25) is 11.5 Å². The molecule has 0 fully saturated rings. The number of hydrogen-bond donors (Lipinski definition) is 2. The van der Waals surface area contributed by atoms with E-state index < -0.39 is 11.0 Å². The topological polar surface area (TPSA) is 111 Å². The number of methoxy groups -OCH3 is 1. The molecule has 25 heavy (non-hydrogen) atoms. The number of carbonyl (C=O) groups excluding carboxylic acids is 1. The number of benzene rings is 1. The maximum Gasteiger partial charge on any atom is 0.411 e. The molecule has 0 saturated carbocycles. The molecular weight excluding hydrogens is 326 g/mol. The molecule has 0 spiro atoms. The molecule has 0 aliphatic carbocycles. The van der Waals surface area contributed by atoms with Crippen LogP contribution in [0.25, 0.3) is 5.65 Å². The van der Waals surface area contributed by atoms with Crippen LogP contribution in [0, 0.1) is 10.1 Å². The summed E-state index contributed by atoms with van der Waals surface area (Å²) in [7, 11) is 1.29. The molecule has 0 bridgehead atoms. The van der Waals surface area contributed by atoms with Gasteiger partial charge in [0.1, 0.15) is 0 Å². The lowest BCUT2D eigenvalue weighted by Crippen LogP contribution is -2.10. The van der Waals surface area contributed by atoms with E-state index in [0.717, 1.165) is 5.56 Å². The number of ether oxygens (including phenoxy) is 1. The molecule has 2 N–H and O–H groups in total. The van der Waals surface area contributed by atoms with Gasteiger partial charge in [0, 0.05) is 18.3 Å². The highest BCUT2D eigenvalue weighted by atomic mass is 16.6. The largest absolute Gasteiger partial charge is 0.453 e. The SMILES string of the molecule is COC(=O)Nc1ccc(CNc2nc3ccccn3c2[N+](=O)[O-])cc1. The molecule has 0 aliphatic heterocycles. The summed E-state index contributed by atoms with van der Waals surface area (Å²) in [6.07, 6.45) is 1.05. The minimum Gasteiger partial charge on any atom is -0.453 e. The molecule has 1 aromatic carbocycles. The third-order valence-electron chi connectivity index (χ3n) is 3.52. The zero-order valence-corrected chi connectivity index (χ0v) is 13.3. The van der Waals surface area contributed by atoms with Gasteiger partial charge in [0.25, 0.3) is 0 Å². The van der Waals surface area contributed by atoms with E-state index in [4.69, 9.17) is 0 Å². The number of nitrogens with one attached hydrogen (secondary N) is 2. The lowest BCUT2D eigenvalue weighted by Gasteiger charge is -2.06. The van der Waals surface area contributed by atoms with Crippen LogP contribution in [-0.2, 0) is 11.3 Å². The van der Waals surface area contributed by atoms with Gasteiger partial charge in [-0.15, -0.1) is 0 Å². The molecule has 2 aromatic heterocycles. The predicted octanol–water partition coefficient (Wildman–Crippen LogP) is 3.03. The Bertz CT molecular complexity index is 920. The third kappa shape index (κ3) is 3.50. The number of nitro groups is 1. The second-order valence-electron chi connectivity index (χ2n) is 5.14. The maximum atomic E-state index is 11.3. The van der Waals surface area contributed by atoms with Gasteiger partial charge in [0.15, 0.2) is 0 Å². The first kappa shape index (κ1) is 16.2. The van der Waals surface area contributed by atoms with Crippen molar-refractivity contribution < 1.29 is 14.5 Å². The molecule has 3 rings (SSSR count). The zero-order valence-electron chi connectivity index (χ0n) is 13.3. The fourth-order valence-electron chi connectivity index (χ4n) is 2.34. The summed E-state index contributed by atoms with van der Waals surface area (Å²) in [5.74, 6) is 0.0903. The number of hydrogen-bond acceptors (Lipinski definition) is 6. The number of carbonyl (C=O) groups is 1. The highest BCUT2D eigenvalue weighted by Crippen LogP contribution is 2.25. The van der Waals surface area contributed by atoms with Gasteiger partial charge < -0.3 is 20.2 Å². The van der Waals surface area contributed by atoms with E-state index >= 15 is 0 Å². The highest BCUT2D eigenvalue weighted by Gasteiger charge is 2.21. The van der Waals surface area contributed by atoms with Crippen LogP contribution in [0.15, 0.2) is 48.7 Å². The average Bonchev–Trinajstić information content (AvgIpc) is 2.99. The number of anilines is 2. The minimum absolute atomic E-state index is 0.112. The summed E-state index contributed by atoms with van der Waals surface area (Å²) in [5, 5.41) is 16.9. The summed E-state index contributed by atoms with van der Waals surface area (Å²) in [6.45, 7) is 0.350. The van der Waals surface area contributed by atoms with E-state index in [-0.39, 0.29) is 11.6 Å². The number of imidazole rings is 1. The van der Waals surface area contributed by atoms with Crippen molar-refractivity contribution in [1.29, 1.82) is 0 Å². The summed E-state index contributed by atoms with van der Waals surface area (Å²) in [5.41, 5.74) is 1.96. The monoisotopic (exact) mass is 341 g/mol. The van der Waals surface area contributed by atoms with Crippen molar-refractivity contribution in [2.24, 2.45) is 0 Å². The predicted molar refractivity (Wildman–Crippen MR) is 91.6 cm³/mol. The van der Waals surface area contributed by atoms with Crippen molar-refractivity contribution in [3.63, 3.8) is 0 Å². The lowest BCUT2D eigenvalue weighted by atomic mass is 10.2. The van der Waals surface area contributed by atoms with E-state index in [0.29, 0.717) is 17.9 Å². The number of fused-ring (bicyclic) bond motifs is 1. The fourth-order valence-corrected chi connectivity index (χ4v) is 2.34. The molecule has 9 heteroatoms. The Morgan fingerprint density at radius 3 is 2.72 bits per heavy atom. The van der Waals surface area contributed by atoms with Crippen LogP contribution in [0.4, 0.5) is 22.1 Å². The smallest absolute Gasteiger partial charge is 0.411 e. The molecule has 1 amide bonds. The van der Waals surface area contributed by atoms with Crippen molar-refractivity contribution in [3.8, 4) is 0 Å². The standard InChI is InChI=1S/C16H15N5O4/c1-25-16(22)18-12-7-5-11(6-8-12)10-17-14-15(21(23)24)20-9-3-2-4-13(20)19-14/h2-9,17H,10H2,1H3,(H,18,22). The first-order valence-electron chi connectivity index (χ1n) is 7.38. The van der Waals surface area contributed by atoms with Crippen LogP contribution >= 0.6 is 0 Å². The van der Waals surface area contributed by atoms with Crippen LogP contribution in [0.1, 0.15) is 5.56 Å². The Morgan fingerprint density at radius 1 is 1.28 bits per heavy atom. The fraction of sp³-hybridized carbons (Fsp3) is 0.125. The summed E-state index contributed by atoms with van der Waals surface area (Å²) < 4.78 is 5.94. The van der Waals surface area contributed by atoms with Crippen molar-refractivity contribution >= 4 is 29.1 Å². The number of aromatic nitrogens is 2. The van der Waals surface area contributed by atoms with E-state index in [2.05, 4.69) is 20.4 Å². The Kier molecular flexibility index (Phi) is 4.46. The number of pyridine rings is 1. The molecule has 3 aromatic rings. The van der Waals surface area contributed by atoms with E-state index in [1.165, 1.54) is 11.5 Å². The first-order chi connectivity index (χ1) is 12.1. The van der Waals surface area contributed by atoms with Gasteiger partial charge in [-0.05, 0) is 28.7 Å². The summed E-state index contributed by atoms with van der Waals surface area (Å²) in [6, 6.07) is 12.2. The first-order valence-corrected chi connectivity index (χ1v) is 7.38. The van der Waals surface area contributed by atoms with Gasteiger partial charge in [-0.2, -0.15) is 9.38 Å². The highest BCUT2D eigenvalue weighted by molar-refractivity contribution is 5.84. The van der Waals surface area contributed by atoms with Crippen LogP contribution in [0.5, 0.6) is 0 Å². The van der Waals surface area contributed by atoms with Crippen LogP contribution in [0.3, 0.4) is 0 Å². The van der Waals surface area contributed by atoms with E-state index in [1.807, 2.05) is 0 Å². The Labute approximate surface area is 142 Å². The molecule has 0 unspecified atom stereocenters. The lowest BCUT2D eigenvalue weighted by molar-refractivity contribution is -0.389. The van der Waals surface area contributed by atoms with Crippen molar-refractivity contribution in [2.75, 3.05) is 17.7 Å².